The fourth-order valence-corrected chi connectivity index (χ4v) is 2.13. The molecule has 0 fully saturated rings. The van der Waals surface area contributed by atoms with Gasteiger partial charge in [0.2, 0.25) is 5.91 Å². The molecule has 120 valence electrons. The van der Waals surface area contributed by atoms with E-state index in [4.69, 9.17) is 28.0 Å². The van der Waals surface area contributed by atoms with E-state index in [2.05, 4.69) is 20.7 Å². The molecule has 0 aliphatic heterocycles. The minimum Gasteiger partial charge on any atom is -0.399 e. The average Bonchev–Trinajstić information content (AvgIpc) is 2.55. The van der Waals surface area contributed by atoms with Gasteiger partial charge < -0.3 is 10.2 Å². The number of hydrogen-bond donors (Lipinski definition) is 1. The smallest absolute Gasteiger partial charge is 0.225 e. The summed E-state index contributed by atoms with van der Waals surface area (Å²) in [5.41, 5.74) is 1.34. The van der Waals surface area contributed by atoms with E-state index in [1.54, 1.807) is 30.3 Å². The molecule has 0 unspecified atom stereocenters. The van der Waals surface area contributed by atoms with Crippen molar-refractivity contribution in [1.29, 1.82) is 0 Å². The Labute approximate surface area is 143 Å². The zero-order chi connectivity index (χ0) is 16.7. The van der Waals surface area contributed by atoms with E-state index in [1.165, 1.54) is 13.3 Å². The molecule has 0 saturated heterocycles. The average molecular weight is 353 g/mol. The number of oxime groups is 1. The van der Waals surface area contributed by atoms with Crippen LogP contribution in [0.2, 0.25) is 10.0 Å². The van der Waals surface area contributed by atoms with Gasteiger partial charge in [0, 0.05) is 24.6 Å². The van der Waals surface area contributed by atoms with Gasteiger partial charge in [-0.1, -0.05) is 34.4 Å². The predicted octanol–water partition coefficient (Wildman–Crippen LogP) is 3.55. The molecule has 0 atom stereocenters. The van der Waals surface area contributed by atoms with Crippen molar-refractivity contribution < 1.29 is 9.63 Å². The second-order valence-electron chi connectivity index (χ2n) is 4.51. The van der Waals surface area contributed by atoms with Crippen molar-refractivity contribution in [2.24, 2.45) is 5.16 Å². The van der Waals surface area contributed by atoms with Crippen LogP contribution in [-0.4, -0.2) is 28.9 Å². The number of amides is 1. The second kappa shape index (κ2) is 8.45. The largest absolute Gasteiger partial charge is 0.399 e. The molecule has 0 aliphatic rings. The third kappa shape index (κ3) is 5.19. The molecular weight excluding hydrogens is 339 g/mol. The summed E-state index contributed by atoms with van der Waals surface area (Å²) in [5.74, 6) is 0.201. The Bertz CT molecular complexity index is 708. The number of carbonyl (C=O) groups is 1. The normalized spacial score (nSPS) is 11.2. The molecule has 2 rings (SSSR count). The number of carbonyl (C=O) groups excluding carboxylic acids is 1. The van der Waals surface area contributed by atoms with E-state index in [0.717, 1.165) is 5.56 Å². The van der Waals surface area contributed by atoms with Gasteiger partial charge in [0.25, 0.3) is 0 Å². The summed E-state index contributed by atoms with van der Waals surface area (Å²) >= 11 is 11.9. The minimum atomic E-state index is -0.200. The van der Waals surface area contributed by atoms with Crippen LogP contribution in [0.3, 0.4) is 0 Å². The first-order valence-electron chi connectivity index (χ1n) is 6.73. The van der Waals surface area contributed by atoms with Crippen molar-refractivity contribution in [2.45, 2.75) is 12.8 Å². The number of hydrogen-bond acceptors (Lipinski definition) is 5. The monoisotopic (exact) mass is 352 g/mol. The van der Waals surface area contributed by atoms with Gasteiger partial charge in [-0.3, -0.25) is 4.79 Å². The molecule has 1 heterocycles. The molecule has 6 nitrogen and oxygen atoms in total. The molecule has 0 spiro atoms. The summed E-state index contributed by atoms with van der Waals surface area (Å²) in [4.78, 5) is 16.8. The quantitative estimate of drug-likeness (QED) is 0.636. The van der Waals surface area contributed by atoms with Crippen molar-refractivity contribution >= 4 is 40.6 Å². The molecular formula is C15H14Cl2N4O2. The lowest BCUT2D eigenvalue weighted by atomic mass is 10.1. The van der Waals surface area contributed by atoms with Gasteiger partial charge in [0.05, 0.1) is 15.8 Å². The van der Waals surface area contributed by atoms with Crippen LogP contribution in [0.1, 0.15) is 18.4 Å². The van der Waals surface area contributed by atoms with Gasteiger partial charge in [-0.2, -0.15) is 5.10 Å². The third-order valence-electron chi connectivity index (χ3n) is 2.88. The standard InChI is InChI=1S/C15H14Cl2N4O2/c1-23-21-13(10-4-5-11(16)12(17)9-10)6-7-15(22)19-14-3-2-8-18-20-14/h2-5,8-9H,6-7H2,1H3,(H,19,20,22)/b21-13-. The first-order valence-corrected chi connectivity index (χ1v) is 7.48. The minimum absolute atomic E-state index is 0.200. The maximum Gasteiger partial charge on any atom is 0.225 e. The van der Waals surface area contributed by atoms with E-state index in [-0.39, 0.29) is 12.3 Å². The zero-order valence-corrected chi connectivity index (χ0v) is 13.8. The molecule has 1 amide bonds. The van der Waals surface area contributed by atoms with Crippen LogP contribution < -0.4 is 5.32 Å². The van der Waals surface area contributed by atoms with Gasteiger partial charge in [-0.15, -0.1) is 5.10 Å². The maximum atomic E-state index is 12.0. The van der Waals surface area contributed by atoms with Crippen molar-refractivity contribution in [3.8, 4) is 0 Å². The number of benzene rings is 1. The Morgan fingerprint density at radius 2 is 2.09 bits per heavy atom. The first kappa shape index (κ1) is 17.2. The van der Waals surface area contributed by atoms with E-state index in [1.807, 2.05) is 0 Å². The van der Waals surface area contributed by atoms with Gasteiger partial charge in [-0.25, -0.2) is 0 Å². The van der Waals surface area contributed by atoms with Crippen LogP contribution >= 0.6 is 23.2 Å². The summed E-state index contributed by atoms with van der Waals surface area (Å²) in [7, 11) is 1.44. The van der Waals surface area contributed by atoms with E-state index in [0.29, 0.717) is 28.0 Å². The molecule has 0 saturated carbocycles. The molecule has 1 aromatic carbocycles. The van der Waals surface area contributed by atoms with Crippen LogP contribution in [-0.2, 0) is 9.63 Å². The SMILES string of the molecule is CO/N=C(/CCC(=O)Nc1cccnn1)c1ccc(Cl)c(Cl)c1. The van der Waals surface area contributed by atoms with Gasteiger partial charge in [-0.05, 0) is 24.3 Å². The lowest BCUT2D eigenvalue weighted by Crippen LogP contribution is -2.15. The summed E-state index contributed by atoms with van der Waals surface area (Å²) < 4.78 is 0. The highest BCUT2D eigenvalue weighted by molar-refractivity contribution is 6.42. The van der Waals surface area contributed by atoms with Crippen molar-refractivity contribution in [2.75, 3.05) is 12.4 Å². The Kier molecular flexibility index (Phi) is 6.31. The maximum absolute atomic E-state index is 12.0. The molecule has 8 heteroatoms. The first-order chi connectivity index (χ1) is 11.1. The Hall–Kier alpha value is -2.18. The third-order valence-corrected chi connectivity index (χ3v) is 3.62. The summed E-state index contributed by atoms with van der Waals surface area (Å²) in [6.07, 6.45) is 2.11. The fourth-order valence-electron chi connectivity index (χ4n) is 1.83. The lowest BCUT2D eigenvalue weighted by molar-refractivity contribution is -0.116. The van der Waals surface area contributed by atoms with Crippen molar-refractivity contribution in [3.05, 3.63) is 52.1 Å². The number of nitrogens with zero attached hydrogens (tertiary/aromatic N) is 3. The van der Waals surface area contributed by atoms with Crippen LogP contribution in [0.5, 0.6) is 0 Å². The van der Waals surface area contributed by atoms with Crippen LogP contribution in [0.25, 0.3) is 0 Å². The predicted molar refractivity (Wildman–Crippen MR) is 89.9 cm³/mol. The Morgan fingerprint density at radius 3 is 2.74 bits per heavy atom. The molecule has 1 N–H and O–H groups in total. The summed E-state index contributed by atoms with van der Waals surface area (Å²) in [6, 6.07) is 8.48. The summed E-state index contributed by atoms with van der Waals surface area (Å²) in [5, 5.41) is 15.0. The van der Waals surface area contributed by atoms with E-state index >= 15 is 0 Å². The zero-order valence-electron chi connectivity index (χ0n) is 12.3. The van der Waals surface area contributed by atoms with Crippen LogP contribution in [0.4, 0.5) is 5.82 Å². The molecule has 0 radical (unpaired) electrons. The summed E-state index contributed by atoms with van der Waals surface area (Å²) in [6.45, 7) is 0. The lowest BCUT2D eigenvalue weighted by Gasteiger charge is -2.08. The second-order valence-corrected chi connectivity index (χ2v) is 5.32. The van der Waals surface area contributed by atoms with Crippen LogP contribution in [0.15, 0.2) is 41.7 Å². The Morgan fingerprint density at radius 1 is 1.26 bits per heavy atom. The van der Waals surface area contributed by atoms with Crippen LogP contribution in [0, 0.1) is 0 Å². The number of rotatable bonds is 6. The molecule has 1 aromatic heterocycles. The van der Waals surface area contributed by atoms with E-state index in [9.17, 15) is 4.79 Å². The number of aromatic nitrogens is 2. The van der Waals surface area contributed by atoms with E-state index < -0.39 is 0 Å². The Balaban J connectivity index is 2.01. The number of nitrogens with one attached hydrogen (secondary N) is 1. The van der Waals surface area contributed by atoms with Gasteiger partial charge in [0.15, 0.2) is 5.82 Å². The van der Waals surface area contributed by atoms with Gasteiger partial charge in [0.1, 0.15) is 7.11 Å². The topological polar surface area (TPSA) is 76.5 Å². The fraction of sp³-hybridized carbons (Fsp3) is 0.200. The highest BCUT2D eigenvalue weighted by atomic mass is 35.5. The molecule has 0 bridgehead atoms. The molecule has 0 aliphatic carbocycles. The molecule has 23 heavy (non-hydrogen) atoms. The van der Waals surface area contributed by atoms with Crippen molar-refractivity contribution in [3.63, 3.8) is 0 Å². The van der Waals surface area contributed by atoms with Gasteiger partial charge >= 0.3 is 0 Å². The van der Waals surface area contributed by atoms with Crippen molar-refractivity contribution in [1.82, 2.24) is 10.2 Å². The highest BCUT2D eigenvalue weighted by Crippen LogP contribution is 2.23. The molecule has 2 aromatic rings. The highest BCUT2D eigenvalue weighted by Gasteiger charge is 2.11. The number of anilines is 1. The number of halogens is 2.